The standard InChI is InChI=1S/C16H19ClN2O3/c17-14-3-1-2-12(10-14)15(20)18-5-7-19(8-6-18)16(21)13-4-9-22-11-13/h1-3,10,13H,4-9,11H2. The van der Waals surface area contributed by atoms with Crippen LogP contribution in [0.1, 0.15) is 16.8 Å². The van der Waals surface area contributed by atoms with Gasteiger partial charge in [-0.2, -0.15) is 0 Å². The maximum atomic E-state index is 12.4. The molecule has 0 aliphatic carbocycles. The number of hydrogen-bond donors (Lipinski definition) is 0. The second kappa shape index (κ2) is 6.67. The van der Waals surface area contributed by atoms with E-state index in [4.69, 9.17) is 16.3 Å². The lowest BCUT2D eigenvalue weighted by atomic mass is 10.1. The molecule has 3 rings (SSSR count). The Kier molecular flexibility index (Phi) is 4.64. The SMILES string of the molecule is O=C(c1cccc(Cl)c1)N1CCN(C(=O)C2CCOC2)CC1. The molecule has 0 radical (unpaired) electrons. The van der Waals surface area contributed by atoms with Crippen LogP contribution in [0.4, 0.5) is 0 Å². The smallest absolute Gasteiger partial charge is 0.254 e. The Balaban J connectivity index is 1.57. The molecule has 5 nitrogen and oxygen atoms in total. The molecule has 2 amide bonds. The highest BCUT2D eigenvalue weighted by Crippen LogP contribution is 2.18. The Bertz CT molecular complexity index is 564. The number of amides is 2. The molecule has 1 atom stereocenters. The quantitative estimate of drug-likeness (QED) is 0.832. The van der Waals surface area contributed by atoms with Crippen molar-refractivity contribution in [3.05, 3.63) is 34.9 Å². The van der Waals surface area contributed by atoms with Gasteiger partial charge in [0, 0.05) is 43.4 Å². The Labute approximate surface area is 134 Å². The van der Waals surface area contributed by atoms with Crippen LogP contribution in [0.3, 0.4) is 0 Å². The molecule has 0 N–H and O–H groups in total. The number of hydrogen-bond acceptors (Lipinski definition) is 3. The van der Waals surface area contributed by atoms with Gasteiger partial charge in [0.1, 0.15) is 0 Å². The summed E-state index contributed by atoms with van der Waals surface area (Å²) in [4.78, 5) is 28.4. The molecule has 118 valence electrons. The van der Waals surface area contributed by atoms with Crippen LogP contribution in [-0.2, 0) is 9.53 Å². The van der Waals surface area contributed by atoms with Crippen LogP contribution in [-0.4, -0.2) is 61.0 Å². The van der Waals surface area contributed by atoms with Crippen molar-refractivity contribution in [3.63, 3.8) is 0 Å². The number of ether oxygens (including phenoxy) is 1. The van der Waals surface area contributed by atoms with Gasteiger partial charge in [-0.05, 0) is 24.6 Å². The Morgan fingerprint density at radius 2 is 1.86 bits per heavy atom. The van der Waals surface area contributed by atoms with Crippen LogP contribution in [0.25, 0.3) is 0 Å². The van der Waals surface area contributed by atoms with Crippen LogP contribution in [0, 0.1) is 5.92 Å². The van der Waals surface area contributed by atoms with Crippen LogP contribution in [0.2, 0.25) is 5.02 Å². The number of carbonyl (C=O) groups excluding carboxylic acids is 2. The molecule has 2 aliphatic heterocycles. The summed E-state index contributed by atoms with van der Waals surface area (Å²) >= 11 is 5.93. The second-order valence-electron chi connectivity index (χ2n) is 5.69. The molecule has 2 heterocycles. The van der Waals surface area contributed by atoms with Gasteiger partial charge in [0.15, 0.2) is 0 Å². The van der Waals surface area contributed by atoms with Gasteiger partial charge < -0.3 is 14.5 Å². The normalized spacial score (nSPS) is 22.0. The fourth-order valence-corrected chi connectivity index (χ4v) is 3.11. The summed E-state index contributed by atoms with van der Waals surface area (Å²) < 4.78 is 5.27. The van der Waals surface area contributed by atoms with Crippen molar-refractivity contribution >= 4 is 23.4 Å². The number of piperazine rings is 1. The third kappa shape index (κ3) is 3.25. The second-order valence-corrected chi connectivity index (χ2v) is 6.12. The van der Waals surface area contributed by atoms with Gasteiger partial charge in [0.25, 0.3) is 5.91 Å². The lowest BCUT2D eigenvalue weighted by Gasteiger charge is -2.35. The highest BCUT2D eigenvalue weighted by atomic mass is 35.5. The number of carbonyl (C=O) groups is 2. The van der Waals surface area contributed by atoms with Crippen molar-refractivity contribution in [1.29, 1.82) is 0 Å². The van der Waals surface area contributed by atoms with Gasteiger partial charge in [-0.15, -0.1) is 0 Å². The summed E-state index contributed by atoms with van der Waals surface area (Å²) in [5.41, 5.74) is 0.594. The van der Waals surface area contributed by atoms with Crippen LogP contribution in [0.5, 0.6) is 0 Å². The molecule has 0 spiro atoms. The Morgan fingerprint density at radius 1 is 1.14 bits per heavy atom. The lowest BCUT2D eigenvalue weighted by Crippen LogP contribution is -2.52. The molecule has 2 fully saturated rings. The third-order valence-electron chi connectivity index (χ3n) is 4.23. The van der Waals surface area contributed by atoms with E-state index in [1.807, 2.05) is 4.90 Å². The minimum Gasteiger partial charge on any atom is -0.381 e. The fourth-order valence-electron chi connectivity index (χ4n) is 2.92. The number of nitrogens with zero attached hydrogens (tertiary/aromatic N) is 2. The first kappa shape index (κ1) is 15.3. The minimum absolute atomic E-state index is 0.00446. The maximum Gasteiger partial charge on any atom is 0.254 e. The highest BCUT2D eigenvalue weighted by molar-refractivity contribution is 6.30. The largest absolute Gasteiger partial charge is 0.381 e. The summed E-state index contributed by atoms with van der Waals surface area (Å²) in [6.45, 7) is 3.49. The molecule has 1 aromatic rings. The topological polar surface area (TPSA) is 49.9 Å². The van der Waals surface area contributed by atoms with Crippen molar-refractivity contribution < 1.29 is 14.3 Å². The van der Waals surface area contributed by atoms with Crippen LogP contribution >= 0.6 is 11.6 Å². The molecular weight excluding hydrogens is 304 g/mol. The Morgan fingerprint density at radius 3 is 2.50 bits per heavy atom. The van der Waals surface area contributed by atoms with Gasteiger partial charge in [-0.1, -0.05) is 17.7 Å². The van der Waals surface area contributed by atoms with E-state index in [1.165, 1.54) is 0 Å². The molecule has 6 heteroatoms. The molecule has 2 saturated heterocycles. The van der Waals surface area contributed by atoms with Crippen molar-refractivity contribution in [2.45, 2.75) is 6.42 Å². The third-order valence-corrected chi connectivity index (χ3v) is 4.46. The van der Waals surface area contributed by atoms with E-state index in [2.05, 4.69) is 0 Å². The summed E-state index contributed by atoms with van der Waals surface area (Å²) in [6, 6.07) is 6.97. The Hall–Kier alpha value is -1.59. The molecule has 1 aromatic carbocycles. The van der Waals surface area contributed by atoms with Gasteiger partial charge in [0.2, 0.25) is 5.91 Å². The van der Waals surface area contributed by atoms with E-state index in [0.29, 0.717) is 50.0 Å². The number of rotatable bonds is 2. The lowest BCUT2D eigenvalue weighted by molar-refractivity contribution is -0.137. The number of halogens is 1. The molecule has 0 bridgehead atoms. The van der Waals surface area contributed by atoms with E-state index in [1.54, 1.807) is 29.2 Å². The molecule has 0 saturated carbocycles. The highest BCUT2D eigenvalue weighted by Gasteiger charge is 2.31. The van der Waals surface area contributed by atoms with Gasteiger partial charge in [0.05, 0.1) is 12.5 Å². The summed E-state index contributed by atoms with van der Waals surface area (Å²) in [7, 11) is 0. The summed E-state index contributed by atoms with van der Waals surface area (Å²) in [6.07, 6.45) is 0.806. The predicted molar refractivity (Wildman–Crippen MR) is 82.9 cm³/mol. The predicted octanol–water partition coefficient (Wildman–Crippen LogP) is 1.66. The van der Waals surface area contributed by atoms with Gasteiger partial charge >= 0.3 is 0 Å². The van der Waals surface area contributed by atoms with E-state index in [9.17, 15) is 9.59 Å². The zero-order valence-electron chi connectivity index (χ0n) is 12.3. The minimum atomic E-state index is -0.0289. The fraction of sp³-hybridized carbons (Fsp3) is 0.500. The molecule has 1 unspecified atom stereocenters. The van der Waals surface area contributed by atoms with Gasteiger partial charge in [-0.3, -0.25) is 9.59 Å². The van der Waals surface area contributed by atoms with Crippen molar-refractivity contribution in [2.24, 2.45) is 5.92 Å². The van der Waals surface area contributed by atoms with E-state index in [0.717, 1.165) is 6.42 Å². The first-order valence-corrected chi connectivity index (χ1v) is 7.94. The molecule has 0 aromatic heterocycles. The van der Waals surface area contributed by atoms with Crippen LogP contribution in [0.15, 0.2) is 24.3 Å². The average molecular weight is 323 g/mol. The van der Waals surface area contributed by atoms with E-state index >= 15 is 0 Å². The summed E-state index contributed by atoms with van der Waals surface area (Å²) in [5, 5.41) is 0.556. The molecular formula is C16H19ClN2O3. The zero-order valence-corrected chi connectivity index (χ0v) is 13.1. The van der Waals surface area contributed by atoms with Crippen molar-refractivity contribution in [3.8, 4) is 0 Å². The number of benzene rings is 1. The first-order valence-electron chi connectivity index (χ1n) is 7.56. The monoisotopic (exact) mass is 322 g/mol. The van der Waals surface area contributed by atoms with E-state index in [-0.39, 0.29) is 17.7 Å². The zero-order chi connectivity index (χ0) is 15.5. The van der Waals surface area contributed by atoms with Crippen LogP contribution < -0.4 is 0 Å². The van der Waals surface area contributed by atoms with Crippen molar-refractivity contribution in [1.82, 2.24) is 9.80 Å². The van der Waals surface area contributed by atoms with Gasteiger partial charge in [-0.25, -0.2) is 0 Å². The molecule has 2 aliphatic rings. The van der Waals surface area contributed by atoms with E-state index < -0.39 is 0 Å². The summed E-state index contributed by atoms with van der Waals surface area (Å²) in [5.74, 6) is 0.126. The average Bonchev–Trinajstić information content (AvgIpc) is 3.08. The maximum absolute atomic E-state index is 12.4. The molecule has 22 heavy (non-hydrogen) atoms. The first-order chi connectivity index (χ1) is 10.6. The van der Waals surface area contributed by atoms with Crippen molar-refractivity contribution in [2.75, 3.05) is 39.4 Å².